The van der Waals surface area contributed by atoms with Crippen molar-refractivity contribution in [2.45, 2.75) is 18.5 Å². The predicted molar refractivity (Wildman–Crippen MR) is 87.2 cm³/mol. The third kappa shape index (κ3) is 3.43. The number of nitriles is 2. The van der Waals surface area contributed by atoms with Crippen LogP contribution in [0.2, 0.25) is 0 Å². The molecule has 1 amide bonds. The summed E-state index contributed by atoms with van der Waals surface area (Å²) >= 11 is 0. The van der Waals surface area contributed by atoms with Gasteiger partial charge in [-0.25, -0.2) is 9.37 Å². The van der Waals surface area contributed by atoms with Gasteiger partial charge < -0.3 is 14.8 Å². The molecule has 25 heavy (non-hydrogen) atoms. The fourth-order valence-electron chi connectivity index (χ4n) is 2.77. The Kier molecular flexibility index (Phi) is 4.36. The third-order valence-corrected chi connectivity index (χ3v) is 4.09. The Balaban J connectivity index is 1.74. The van der Waals surface area contributed by atoms with Gasteiger partial charge in [-0.3, -0.25) is 4.79 Å². The van der Waals surface area contributed by atoms with Crippen molar-refractivity contribution in [2.75, 3.05) is 18.4 Å². The van der Waals surface area contributed by atoms with Crippen LogP contribution in [0, 0.1) is 22.8 Å². The summed E-state index contributed by atoms with van der Waals surface area (Å²) in [6, 6.07) is 8.93. The molecular weight excluding hydrogens is 323 g/mol. The quantitative estimate of drug-likeness (QED) is 0.863. The highest BCUT2D eigenvalue weighted by Gasteiger charge is 2.43. The van der Waals surface area contributed by atoms with Crippen molar-refractivity contribution in [3.63, 3.8) is 0 Å². The van der Waals surface area contributed by atoms with Crippen molar-refractivity contribution < 1.29 is 9.18 Å². The number of alkyl halides is 1. The van der Waals surface area contributed by atoms with Crippen molar-refractivity contribution in [2.24, 2.45) is 0 Å². The number of nitrogens with zero attached hydrogens (tertiary/aromatic N) is 5. The van der Waals surface area contributed by atoms with E-state index in [-0.39, 0.29) is 18.8 Å². The number of piperidine rings is 1. The lowest BCUT2D eigenvalue weighted by atomic mass is 9.94. The van der Waals surface area contributed by atoms with Crippen LogP contribution in [-0.2, 0) is 4.79 Å². The number of anilines is 1. The SMILES string of the molecule is N#Cc1cccc(-n2cnc(NC(=O)[C@@]3(F)CCCN(C#N)C3)c2)c1. The van der Waals surface area contributed by atoms with Crippen molar-refractivity contribution in [1.29, 1.82) is 10.5 Å². The molecule has 1 aliphatic rings. The van der Waals surface area contributed by atoms with Crippen LogP contribution in [0.1, 0.15) is 18.4 Å². The van der Waals surface area contributed by atoms with E-state index < -0.39 is 11.6 Å². The van der Waals surface area contributed by atoms with Crippen LogP contribution in [-0.4, -0.2) is 39.1 Å². The second-order valence-electron chi connectivity index (χ2n) is 5.87. The van der Waals surface area contributed by atoms with Gasteiger partial charge in [0.2, 0.25) is 5.67 Å². The van der Waals surface area contributed by atoms with Crippen LogP contribution in [0.25, 0.3) is 5.69 Å². The highest BCUT2D eigenvalue weighted by atomic mass is 19.1. The Morgan fingerprint density at radius 3 is 3.00 bits per heavy atom. The van der Waals surface area contributed by atoms with Crippen LogP contribution >= 0.6 is 0 Å². The molecule has 0 radical (unpaired) electrons. The Morgan fingerprint density at radius 2 is 2.24 bits per heavy atom. The molecule has 1 saturated heterocycles. The van der Waals surface area contributed by atoms with Gasteiger partial charge in [0.15, 0.2) is 12.0 Å². The first-order valence-corrected chi connectivity index (χ1v) is 7.74. The van der Waals surface area contributed by atoms with Crippen molar-refractivity contribution in [1.82, 2.24) is 14.5 Å². The average Bonchev–Trinajstić information content (AvgIpc) is 3.10. The number of carbonyl (C=O) groups excluding carboxylic acids is 1. The fraction of sp³-hybridized carbons (Fsp3) is 0.294. The van der Waals surface area contributed by atoms with Gasteiger partial charge in [-0.05, 0) is 31.0 Å². The van der Waals surface area contributed by atoms with E-state index in [4.69, 9.17) is 10.5 Å². The van der Waals surface area contributed by atoms with Gasteiger partial charge in [-0.1, -0.05) is 6.07 Å². The van der Waals surface area contributed by atoms with Gasteiger partial charge in [0.05, 0.1) is 24.4 Å². The van der Waals surface area contributed by atoms with Crippen molar-refractivity contribution in [3.05, 3.63) is 42.4 Å². The molecule has 1 N–H and O–H groups in total. The summed E-state index contributed by atoms with van der Waals surface area (Å²) in [4.78, 5) is 17.6. The molecule has 2 aromatic rings. The maximum Gasteiger partial charge on any atom is 0.265 e. The number of halogens is 1. The zero-order chi connectivity index (χ0) is 17.9. The average molecular weight is 338 g/mol. The largest absolute Gasteiger partial charge is 0.307 e. The molecule has 8 heteroatoms. The van der Waals surface area contributed by atoms with Crippen molar-refractivity contribution >= 4 is 11.7 Å². The number of imidazole rings is 1. The molecule has 1 aromatic heterocycles. The summed E-state index contributed by atoms with van der Waals surface area (Å²) in [5.74, 6) is -0.595. The summed E-state index contributed by atoms with van der Waals surface area (Å²) in [6.07, 6.45) is 5.41. The standard InChI is InChI=1S/C17H15FN6O/c18-17(5-2-6-23(10-17)11-20)16(25)22-15-9-24(12-21-15)14-4-1-3-13(7-14)8-19/h1,3-4,7,9,12H,2,5-6,10H2,(H,22,25)/t17-/m1/s1. The zero-order valence-electron chi connectivity index (χ0n) is 13.3. The van der Waals surface area contributed by atoms with Crippen LogP contribution in [0.4, 0.5) is 10.2 Å². The van der Waals surface area contributed by atoms with Gasteiger partial charge in [0.25, 0.3) is 5.91 Å². The van der Waals surface area contributed by atoms with E-state index in [1.807, 2.05) is 12.3 Å². The molecular formula is C17H15FN6O. The molecule has 0 bridgehead atoms. The van der Waals surface area contributed by atoms with Gasteiger partial charge in [-0.15, -0.1) is 0 Å². The number of benzene rings is 1. The Labute approximate surface area is 143 Å². The molecule has 0 saturated carbocycles. The Hall–Kier alpha value is -3.39. The molecule has 1 fully saturated rings. The lowest BCUT2D eigenvalue weighted by molar-refractivity contribution is -0.130. The minimum absolute atomic E-state index is 0.0714. The molecule has 0 unspecified atom stereocenters. The maximum atomic E-state index is 14.8. The predicted octanol–water partition coefficient (Wildman–Crippen LogP) is 1.97. The number of carbonyl (C=O) groups is 1. The van der Waals surface area contributed by atoms with Crippen LogP contribution < -0.4 is 5.32 Å². The molecule has 1 aromatic carbocycles. The summed E-state index contributed by atoms with van der Waals surface area (Å²) in [6.45, 7) is 0.208. The number of hydrogen-bond donors (Lipinski definition) is 1. The number of aromatic nitrogens is 2. The fourth-order valence-corrected chi connectivity index (χ4v) is 2.77. The van der Waals surface area contributed by atoms with E-state index in [0.29, 0.717) is 24.2 Å². The van der Waals surface area contributed by atoms with Gasteiger partial charge in [0, 0.05) is 12.2 Å². The lowest BCUT2D eigenvalue weighted by Crippen LogP contribution is -2.51. The molecule has 7 nitrogen and oxygen atoms in total. The molecule has 3 rings (SSSR count). The zero-order valence-corrected chi connectivity index (χ0v) is 13.3. The number of nitrogens with one attached hydrogen (secondary N) is 1. The van der Waals surface area contributed by atoms with E-state index in [1.165, 1.54) is 11.2 Å². The minimum atomic E-state index is -2.11. The first-order valence-electron chi connectivity index (χ1n) is 7.74. The van der Waals surface area contributed by atoms with Crippen molar-refractivity contribution in [3.8, 4) is 17.9 Å². The number of hydrogen-bond acceptors (Lipinski definition) is 5. The highest BCUT2D eigenvalue weighted by Crippen LogP contribution is 2.26. The van der Waals surface area contributed by atoms with E-state index in [2.05, 4.69) is 10.3 Å². The Morgan fingerprint density at radius 1 is 1.40 bits per heavy atom. The monoisotopic (exact) mass is 338 g/mol. The minimum Gasteiger partial charge on any atom is -0.307 e. The molecule has 126 valence electrons. The van der Waals surface area contributed by atoms with Crippen LogP contribution in [0.5, 0.6) is 0 Å². The second kappa shape index (κ2) is 6.62. The molecule has 1 atom stereocenters. The third-order valence-electron chi connectivity index (χ3n) is 4.09. The van der Waals surface area contributed by atoms with E-state index in [9.17, 15) is 9.18 Å². The van der Waals surface area contributed by atoms with E-state index in [1.54, 1.807) is 35.0 Å². The number of likely N-dealkylation sites (tertiary alicyclic amines) is 1. The first-order chi connectivity index (χ1) is 12.0. The Bertz CT molecular complexity index is 880. The van der Waals surface area contributed by atoms with Gasteiger partial charge in [-0.2, -0.15) is 10.5 Å². The van der Waals surface area contributed by atoms with E-state index >= 15 is 0 Å². The second-order valence-corrected chi connectivity index (χ2v) is 5.87. The number of amides is 1. The van der Waals surface area contributed by atoms with Crippen LogP contribution in [0.3, 0.4) is 0 Å². The molecule has 2 heterocycles. The normalized spacial score (nSPS) is 19.7. The smallest absolute Gasteiger partial charge is 0.265 e. The maximum absolute atomic E-state index is 14.8. The van der Waals surface area contributed by atoms with Gasteiger partial charge in [0.1, 0.15) is 6.33 Å². The summed E-state index contributed by atoms with van der Waals surface area (Å²) in [5.41, 5.74) is -0.910. The van der Waals surface area contributed by atoms with E-state index in [0.717, 1.165) is 0 Å². The summed E-state index contributed by atoms with van der Waals surface area (Å²) in [7, 11) is 0. The highest BCUT2D eigenvalue weighted by molar-refractivity contribution is 5.96. The van der Waals surface area contributed by atoms with Gasteiger partial charge >= 0.3 is 0 Å². The first kappa shape index (κ1) is 16.5. The molecule has 1 aliphatic heterocycles. The topological polar surface area (TPSA) is 97.7 Å². The van der Waals surface area contributed by atoms with Crippen LogP contribution in [0.15, 0.2) is 36.8 Å². The molecule has 0 aliphatic carbocycles. The number of rotatable bonds is 3. The lowest BCUT2D eigenvalue weighted by Gasteiger charge is -2.32. The summed E-state index contributed by atoms with van der Waals surface area (Å²) in [5, 5.41) is 20.3. The summed E-state index contributed by atoms with van der Waals surface area (Å²) < 4.78 is 16.5. The molecule has 0 spiro atoms.